The summed E-state index contributed by atoms with van der Waals surface area (Å²) >= 11 is 6.99. The predicted molar refractivity (Wildman–Crippen MR) is 186 cm³/mol. The Morgan fingerprint density at radius 1 is 1.00 bits per heavy atom. The van der Waals surface area contributed by atoms with Gasteiger partial charge in [0.2, 0.25) is 11.8 Å². The summed E-state index contributed by atoms with van der Waals surface area (Å²) in [5, 5.41) is 1.61. The standard InChI is InChI=1S/C37H43ClN4O4/c1-8-28(26-14-10-9-11-15-26)33(35-34(38)29-16-12-13-17-30(29)40-35)27-19-20-31(39-24-27)45-23-22-42(36(44)46-37(3,4)5)25(2)18-21-32(43)41(6)7/h9-21,24-25,40H,8,22-23H2,1-7H3/b21-18+,33-28+. The molecular formula is C37H43ClN4O4. The highest BCUT2D eigenvalue weighted by Crippen LogP contribution is 2.40. The molecule has 0 saturated carbocycles. The molecule has 8 nitrogen and oxygen atoms in total. The minimum absolute atomic E-state index is 0.169. The number of benzene rings is 2. The Labute approximate surface area is 276 Å². The molecule has 0 aliphatic carbocycles. The van der Waals surface area contributed by atoms with Crippen molar-refractivity contribution in [3.63, 3.8) is 0 Å². The van der Waals surface area contributed by atoms with Crippen molar-refractivity contribution in [1.29, 1.82) is 0 Å². The molecule has 242 valence electrons. The molecule has 0 spiro atoms. The van der Waals surface area contributed by atoms with Crippen molar-refractivity contribution in [3.05, 3.63) is 107 Å². The first-order valence-corrected chi connectivity index (χ1v) is 15.8. The van der Waals surface area contributed by atoms with Crippen LogP contribution >= 0.6 is 11.6 Å². The molecule has 46 heavy (non-hydrogen) atoms. The number of amides is 2. The Morgan fingerprint density at radius 2 is 1.70 bits per heavy atom. The van der Waals surface area contributed by atoms with Gasteiger partial charge in [0.1, 0.15) is 12.2 Å². The molecule has 1 atom stereocenters. The Morgan fingerprint density at radius 3 is 2.30 bits per heavy atom. The molecule has 4 rings (SSSR count). The van der Waals surface area contributed by atoms with Gasteiger partial charge in [0.15, 0.2) is 0 Å². The van der Waals surface area contributed by atoms with Crippen LogP contribution in [0.25, 0.3) is 22.0 Å². The molecule has 2 aromatic carbocycles. The third-order valence-corrected chi connectivity index (χ3v) is 7.75. The van der Waals surface area contributed by atoms with Crippen molar-refractivity contribution in [2.75, 3.05) is 27.2 Å². The van der Waals surface area contributed by atoms with E-state index in [-0.39, 0.29) is 19.1 Å². The number of hydrogen-bond donors (Lipinski definition) is 1. The van der Waals surface area contributed by atoms with Gasteiger partial charge in [-0.25, -0.2) is 9.78 Å². The summed E-state index contributed by atoms with van der Waals surface area (Å²) in [6, 6.07) is 21.6. The number of allylic oxidation sites excluding steroid dienone is 1. The fourth-order valence-corrected chi connectivity index (χ4v) is 5.34. The van der Waals surface area contributed by atoms with Gasteiger partial charge in [0, 0.05) is 54.5 Å². The van der Waals surface area contributed by atoms with Gasteiger partial charge in [-0.05, 0) is 57.4 Å². The van der Waals surface area contributed by atoms with Gasteiger partial charge in [-0.2, -0.15) is 0 Å². The zero-order chi connectivity index (χ0) is 33.4. The van der Waals surface area contributed by atoms with Crippen LogP contribution in [0.2, 0.25) is 5.02 Å². The van der Waals surface area contributed by atoms with Crippen LogP contribution in [0.1, 0.15) is 57.9 Å². The number of ether oxygens (including phenoxy) is 2. The number of aromatic amines is 1. The first-order chi connectivity index (χ1) is 21.9. The van der Waals surface area contributed by atoms with E-state index < -0.39 is 17.7 Å². The molecule has 0 bridgehead atoms. The van der Waals surface area contributed by atoms with Crippen molar-refractivity contribution >= 4 is 45.7 Å². The topological polar surface area (TPSA) is 87.8 Å². The lowest BCUT2D eigenvalue weighted by Gasteiger charge is -2.30. The van der Waals surface area contributed by atoms with E-state index in [1.807, 2.05) is 82.3 Å². The second-order valence-corrected chi connectivity index (χ2v) is 12.6. The molecule has 0 fully saturated rings. The summed E-state index contributed by atoms with van der Waals surface area (Å²) in [5.74, 6) is 0.246. The number of para-hydroxylation sites is 1. The number of nitrogens with zero attached hydrogens (tertiary/aromatic N) is 3. The Balaban J connectivity index is 1.60. The fourth-order valence-electron chi connectivity index (χ4n) is 5.03. The van der Waals surface area contributed by atoms with Crippen LogP contribution in [0, 0.1) is 0 Å². The van der Waals surface area contributed by atoms with E-state index in [4.69, 9.17) is 21.1 Å². The van der Waals surface area contributed by atoms with Crippen molar-refractivity contribution in [2.24, 2.45) is 0 Å². The molecule has 0 aliphatic rings. The molecule has 2 heterocycles. The number of H-pyrrole nitrogens is 1. The van der Waals surface area contributed by atoms with Crippen LogP contribution < -0.4 is 4.74 Å². The number of pyridine rings is 1. The van der Waals surface area contributed by atoms with E-state index in [0.29, 0.717) is 10.9 Å². The molecule has 2 amide bonds. The fraction of sp³-hybridized carbons (Fsp3) is 0.324. The number of likely N-dealkylation sites (N-methyl/N-ethyl adjacent to an activating group) is 1. The van der Waals surface area contributed by atoms with E-state index in [1.165, 1.54) is 15.9 Å². The quantitative estimate of drug-likeness (QED) is 0.167. The van der Waals surface area contributed by atoms with Crippen molar-refractivity contribution < 1.29 is 19.1 Å². The molecule has 2 aromatic heterocycles. The smallest absolute Gasteiger partial charge is 0.410 e. The summed E-state index contributed by atoms with van der Waals surface area (Å²) in [4.78, 5) is 36.3. The minimum atomic E-state index is -0.674. The summed E-state index contributed by atoms with van der Waals surface area (Å²) in [5.41, 5.74) is 5.22. The zero-order valence-corrected chi connectivity index (χ0v) is 28.4. The number of rotatable bonds is 11. The van der Waals surface area contributed by atoms with Crippen LogP contribution in [-0.4, -0.2) is 70.7 Å². The molecule has 1 N–H and O–H groups in total. The van der Waals surface area contributed by atoms with Gasteiger partial charge in [-0.3, -0.25) is 9.69 Å². The van der Waals surface area contributed by atoms with E-state index in [1.54, 1.807) is 26.4 Å². The average molecular weight is 643 g/mol. The highest BCUT2D eigenvalue weighted by molar-refractivity contribution is 6.38. The third-order valence-electron chi connectivity index (χ3n) is 7.36. The number of aromatic nitrogens is 2. The number of halogens is 1. The molecule has 0 radical (unpaired) electrons. The lowest BCUT2D eigenvalue weighted by molar-refractivity contribution is -0.123. The van der Waals surface area contributed by atoms with Crippen molar-refractivity contribution in [2.45, 2.75) is 52.7 Å². The van der Waals surface area contributed by atoms with Crippen LogP contribution in [0.4, 0.5) is 4.79 Å². The molecule has 0 saturated heterocycles. The highest BCUT2D eigenvalue weighted by Gasteiger charge is 2.25. The highest BCUT2D eigenvalue weighted by atomic mass is 35.5. The van der Waals surface area contributed by atoms with Crippen LogP contribution in [0.15, 0.2) is 85.1 Å². The molecule has 4 aromatic rings. The average Bonchev–Trinajstić information content (AvgIpc) is 3.36. The molecular weight excluding hydrogens is 600 g/mol. The first kappa shape index (κ1) is 34.3. The summed E-state index contributed by atoms with van der Waals surface area (Å²) < 4.78 is 11.6. The SMILES string of the molecule is CC/C(=C(/c1ccc(OCCN(C(=O)OC(C)(C)C)C(C)/C=C/C(=O)N(C)C)nc1)c1[nH]c2ccccc2c1Cl)c1ccccc1. The van der Waals surface area contributed by atoms with Crippen molar-refractivity contribution in [1.82, 2.24) is 19.8 Å². The first-order valence-electron chi connectivity index (χ1n) is 15.4. The maximum absolute atomic E-state index is 13.1. The van der Waals surface area contributed by atoms with E-state index >= 15 is 0 Å². The number of carbonyl (C=O) groups is 2. The maximum atomic E-state index is 13.1. The third kappa shape index (κ3) is 8.57. The van der Waals surface area contributed by atoms with Gasteiger partial charge in [0.25, 0.3) is 0 Å². The molecule has 9 heteroatoms. The second kappa shape index (κ2) is 15.1. The number of nitrogens with one attached hydrogen (secondary N) is 1. The Hall–Kier alpha value is -4.56. The predicted octanol–water partition coefficient (Wildman–Crippen LogP) is 8.23. The summed E-state index contributed by atoms with van der Waals surface area (Å²) in [7, 11) is 3.35. The molecule has 1 unspecified atom stereocenters. The largest absolute Gasteiger partial charge is 0.476 e. The monoisotopic (exact) mass is 642 g/mol. The van der Waals surface area contributed by atoms with E-state index in [2.05, 4.69) is 29.0 Å². The molecule has 0 aliphatic heterocycles. The Bertz CT molecular complexity index is 1700. The van der Waals surface area contributed by atoms with Crippen LogP contribution in [-0.2, 0) is 9.53 Å². The van der Waals surface area contributed by atoms with E-state index in [0.717, 1.165) is 45.3 Å². The zero-order valence-electron chi connectivity index (χ0n) is 27.6. The van der Waals surface area contributed by atoms with Gasteiger partial charge in [0.05, 0.1) is 23.3 Å². The van der Waals surface area contributed by atoms with Gasteiger partial charge in [-0.15, -0.1) is 0 Å². The van der Waals surface area contributed by atoms with Crippen LogP contribution in [0.5, 0.6) is 5.88 Å². The maximum Gasteiger partial charge on any atom is 0.410 e. The lowest BCUT2D eigenvalue weighted by Crippen LogP contribution is -2.43. The van der Waals surface area contributed by atoms with Gasteiger partial charge < -0.3 is 19.4 Å². The lowest BCUT2D eigenvalue weighted by atomic mass is 9.91. The second-order valence-electron chi connectivity index (χ2n) is 12.2. The van der Waals surface area contributed by atoms with Crippen LogP contribution in [0.3, 0.4) is 0 Å². The number of hydrogen-bond acceptors (Lipinski definition) is 5. The summed E-state index contributed by atoms with van der Waals surface area (Å²) in [6.45, 7) is 9.80. The minimum Gasteiger partial charge on any atom is -0.476 e. The van der Waals surface area contributed by atoms with Crippen molar-refractivity contribution in [3.8, 4) is 5.88 Å². The number of fused-ring (bicyclic) bond motifs is 1. The van der Waals surface area contributed by atoms with Gasteiger partial charge >= 0.3 is 6.09 Å². The summed E-state index contributed by atoms with van der Waals surface area (Å²) in [6.07, 6.45) is 5.20. The van der Waals surface area contributed by atoms with E-state index in [9.17, 15) is 9.59 Å². The van der Waals surface area contributed by atoms with Gasteiger partial charge in [-0.1, -0.05) is 73.1 Å². The normalized spacial score (nSPS) is 13.0. The Kier molecular flexibility index (Phi) is 11.3. The number of carbonyl (C=O) groups excluding carboxylic acids is 2.